The Morgan fingerprint density at radius 2 is 1.20 bits per heavy atom. The lowest BCUT2D eigenvalue weighted by Crippen LogP contribution is -1.96. The van der Waals surface area contributed by atoms with Crippen molar-refractivity contribution in [3.05, 3.63) is 107 Å². The molecule has 0 spiro atoms. The molecule has 145 valence electrons. The molecule has 0 atom stereocenters. The summed E-state index contributed by atoms with van der Waals surface area (Å²) in [4.78, 5) is 0.842. The predicted octanol–water partition coefficient (Wildman–Crippen LogP) is 8.14. The van der Waals surface area contributed by atoms with Crippen molar-refractivity contribution >= 4 is 40.8 Å². The lowest BCUT2D eigenvalue weighted by atomic mass is 9.94. The molecule has 0 fully saturated rings. The molecule has 0 bridgehead atoms. The molecule has 2 nitrogen and oxygen atoms in total. The second kappa shape index (κ2) is 9.28. The molecule has 0 unspecified atom stereocenters. The molecule has 1 radical (unpaired) electrons. The largest absolute Gasteiger partial charge is 0.210 e. The van der Waals surface area contributed by atoms with Crippen LogP contribution >= 0.6 is 35.1 Å². The molecule has 4 rings (SSSR count). The van der Waals surface area contributed by atoms with E-state index in [1.54, 1.807) is 6.07 Å². The molecule has 5 heteroatoms. The van der Waals surface area contributed by atoms with Crippen molar-refractivity contribution in [1.29, 1.82) is 5.26 Å². The van der Waals surface area contributed by atoms with Crippen LogP contribution in [-0.2, 0) is 0 Å². The molecule has 4 aromatic rings. The average Bonchev–Trinajstić information content (AvgIpc) is 2.77. The van der Waals surface area contributed by atoms with Crippen LogP contribution in [0.1, 0.15) is 5.56 Å². The van der Waals surface area contributed by atoms with Crippen LogP contribution in [0.15, 0.2) is 95.9 Å². The summed E-state index contributed by atoms with van der Waals surface area (Å²) < 4.78 is 4.88. The Hall–Kier alpha value is -2.90. The van der Waals surface area contributed by atoms with Crippen LogP contribution in [0.4, 0.5) is 5.69 Å². The minimum atomic E-state index is 0.562. The third-order valence-corrected chi connectivity index (χ3v) is 5.64. The van der Waals surface area contributed by atoms with Gasteiger partial charge in [-0.05, 0) is 41.5 Å². The van der Waals surface area contributed by atoms with Crippen LogP contribution in [0.5, 0.6) is 0 Å². The number of halogens is 2. The number of nitriles is 1. The van der Waals surface area contributed by atoms with Gasteiger partial charge in [0.15, 0.2) is 0 Å². The number of nitrogens with zero attached hydrogens (tertiary/aromatic N) is 2. The van der Waals surface area contributed by atoms with Crippen LogP contribution < -0.4 is 4.72 Å². The lowest BCUT2D eigenvalue weighted by Gasteiger charge is -2.16. The second-order valence-corrected chi connectivity index (χ2v) is 8.26. The zero-order valence-corrected chi connectivity index (χ0v) is 18.0. The highest BCUT2D eigenvalue weighted by molar-refractivity contribution is 7.97. The second-order valence-electron chi connectivity index (χ2n) is 6.55. The monoisotopic (exact) mass is 445 g/mol. The Balaban J connectivity index is 1.86. The summed E-state index contributed by atoms with van der Waals surface area (Å²) in [6.45, 7) is 0. The van der Waals surface area contributed by atoms with E-state index < -0.39 is 0 Å². The van der Waals surface area contributed by atoms with Gasteiger partial charge in [0.1, 0.15) is 0 Å². The van der Waals surface area contributed by atoms with Gasteiger partial charge in [-0.15, -0.1) is 0 Å². The van der Waals surface area contributed by atoms with Gasteiger partial charge in [-0.2, -0.15) is 5.26 Å². The fraction of sp³-hybridized carbons (Fsp3) is 0. The molecule has 0 amide bonds. The smallest absolute Gasteiger partial charge is 0.0992 e. The maximum absolute atomic E-state index is 9.63. The first-order valence-electron chi connectivity index (χ1n) is 9.17. The van der Waals surface area contributed by atoms with Crippen LogP contribution in [0.25, 0.3) is 22.3 Å². The van der Waals surface area contributed by atoms with Crippen molar-refractivity contribution < 1.29 is 0 Å². The third kappa shape index (κ3) is 4.63. The Bertz CT molecular complexity index is 1140. The van der Waals surface area contributed by atoms with Gasteiger partial charge in [0.05, 0.1) is 17.3 Å². The van der Waals surface area contributed by atoms with Gasteiger partial charge in [-0.25, -0.2) is 4.72 Å². The predicted molar refractivity (Wildman–Crippen MR) is 126 cm³/mol. The summed E-state index contributed by atoms with van der Waals surface area (Å²) in [6, 6.07) is 31.3. The molecule has 0 aliphatic heterocycles. The van der Waals surface area contributed by atoms with Crippen molar-refractivity contribution in [2.24, 2.45) is 0 Å². The number of hydrogen-bond acceptors (Lipinski definition) is 2. The van der Waals surface area contributed by atoms with Crippen molar-refractivity contribution in [2.75, 3.05) is 0 Å². The van der Waals surface area contributed by atoms with Gasteiger partial charge in [0, 0.05) is 38.0 Å². The van der Waals surface area contributed by atoms with Gasteiger partial charge in [-0.3, -0.25) is 0 Å². The topological polar surface area (TPSA) is 37.9 Å². The summed E-state index contributed by atoms with van der Waals surface area (Å²) in [7, 11) is 0. The Labute approximate surface area is 190 Å². The van der Waals surface area contributed by atoms with Crippen molar-refractivity contribution in [3.63, 3.8) is 0 Å². The zero-order valence-electron chi connectivity index (χ0n) is 15.7. The maximum atomic E-state index is 9.63. The molecule has 0 aromatic heterocycles. The normalized spacial score (nSPS) is 10.4. The van der Waals surface area contributed by atoms with E-state index in [-0.39, 0.29) is 0 Å². The van der Waals surface area contributed by atoms with Crippen LogP contribution in [0, 0.1) is 11.3 Å². The highest BCUT2D eigenvalue weighted by Gasteiger charge is 2.16. The highest BCUT2D eigenvalue weighted by atomic mass is 35.5. The first-order valence-corrected chi connectivity index (χ1v) is 10.7. The first kappa shape index (κ1) is 20.4. The minimum Gasteiger partial charge on any atom is -0.210 e. The van der Waals surface area contributed by atoms with Gasteiger partial charge >= 0.3 is 0 Å². The van der Waals surface area contributed by atoms with Crippen molar-refractivity contribution in [1.82, 2.24) is 4.72 Å². The van der Waals surface area contributed by atoms with E-state index in [2.05, 4.69) is 6.07 Å². The molecular weight excluding hydrogens is 431 g/mol. The SMILES string of the molecule is N#Cc1cc(-c2ccccc2)c([N]Sc2cc(Cl)cc(Cl)c2)c(-c2ccccc2)c1. The summed E-state index contributed by atoms with van der Waals surface area (Å²) in [6.07, 6.45) is 0. The molecule has 4 aromatic carbocycles. The summed E-state index contributed by atoms with van der Waals surface area (Å²) in [5, 5.41) is 10.7. The Morgan fingerprint density at radius 1 is 0.700 bits per heavy atom. The molecule has 0 aliphatic carbocycles. The Kier molecular flexibility index (Phi) is 6.30. The third-order valence-electron chi connectivity index (χ3n) is 4.49. The van der Waals surface area contributed by atoms with E-state index in [1.165, 1.54) is 11.9 Å². The van der Waals surface area contributed by atoms with Crippen LogP contribution in [0.3, 0.4) is 0 Å². The minimum absolute atomic E-state index is 0.562. The van der Waals surface area contributed by atoms with E-state index in [9.17, 15) is 5.26 Å². The van der Waals surface area contributed by atoms with Gasteiger partial charge in [-0.1, -0.05) is 83.9 Å². The van der Waals surface area contributed by atoms with Crippen molar-refractivity contribution in [3.8, 4) is 28.3 Å². The van der Waals surface area contributed by atoms with E-state index in [1.807, 2.05) is 84.9 Å². The average molecular weight is 446 g/mol. The first-order chi connectivity index (χ1) is 14.6. The standard InChI is InChI=1S/C25H15Cl2N2S/c26-20-13-21(27)15-22(14-20)30-29-25-23(18-7-3-1-4-8-18)11-17(16-28)12-24(25)19-9-5-2-6-10-19/h1-15H. The summed E-state index contributed by atoms with van der Waals surface area (Å²) in [5.41, 5.74) is 5.17. The summed E-state index contributed by atoms with van der Waals surface area (Å²) >= 11 is 13.6. The van der Waals surface area contributed by atoms with Gasteiger partial charge < -0.3 is 0 Å². The summed E-state index contributed by atoms with van der Waals surface area (Å²) in [5.74, 6) is 0. The Morgan fingerprint density at radius 3 is 1.67 bits per heavy atom. The quantitative estimate of drug-likeness (QED) is 0.290. The van der Waals surface area contributed by atoms with E-state index in [0.717, 1.165) is 32.8 Å². The van der Waals surface area contributed by atoms with Gasteiger partial charge in [0.2, 0.25) is 0 Å². The zero-order chi connectivity index (χ0) is 20.9. The van der Waals surface area contributed by atoms with E-state index in [4.69, 9.17) is 27.9 Å². The molecule has 0 saturated heterocycles. The maximum Gasteiger partial charge on any atom is 0.0992 e. The molecule has 0 heterocycles. The van der Waals surface area contributed by atoms with Gasteiger partial charge in [0.25, 0.3) is 0 Å². The lowest BCUT2D eigenvalue weighted by molar-refractivity contribution is 1.33. The number of rotatable bonds is 5. The molecule has 0 N–H and O–H groups in total. The fourth-order valence-electron chi connectivity index (χ4n) is 3.15. The molecule has 0 aliphatic rings. The number of hydrogen-bond donors (Lipinski definition) is 0. The van der Waals surface area contributed by atoms with Crippen LogP contribution in [0.2, 0.25) is 10.0 Å². The van der Waals surface area contributed by atoms with E-state index >= 15 is 0 Å². The van der Waals surface area contributed by atoms with Crippen molar-refractivity contribution in [2.45, 2.75) is 4.90 Å². The highest BCUT2D eigenvalue weighted by Crippen LogP contribution is 2.41. The molecular formula is C25H15Cl2N2S. The number of benzene rings is 4. The van der Waals surface area contributed by atoms with Crippen LogP contribution in [-0.4, -0.2) is 0 Å². The molecule has 30 heavy (non-hydrogen) atoms. The fourth-order valence-corrected chi connectivity index (χ4v) is 4.56. The van der Waals surface area contributed by atoms with E-state index in [0.29, 0.717) is 15.6 Å². The molecule has 0 saturated carbocycles.